The third kappa shape index (κ3) is 2.32. The summed E-state index contributed by atoms with van der Waals surface area (Å²) in [4.78, 5) is 1.41. The first kappa shape index (κ1) is 11.5. The largest absolute Gasteiger partial charge is 0.305 e. The Morgan fingerprint density at radius 2 is 2.24 bits per heavy atom. The van der Waals surface area contributed by atoms with Crippen LogP contribution < -0.4 is 5.32 Å². The highest BCUT2D eigenvalue weighted by atomic mass is 79.9. The van der Waals surface area contributed by atoms with E-state index in [2.05, 4.69) is 57.0 Å². The van der Waals surface area contributed by atoms with E-state index in [1.54, 1.807) is 0 Å². The van der Waals surface area contributed by atoms with Gasteiger partial charge in [-0.1, -0.05) is 34.1 Å². The van der Waals surface area contributed by atoms with E-state index in [4.69, 9.17) is 0 Å². The molecule has 17 heavy (non-hydrogen) atoms. The minimum absolute atomic E-state index is 0.518. The van der Waals surface area contributed by atoms with Crippen molar-refractivity contribution in [1.29, 1.82) is 0 Å². The fourth-order valence-corrected chi connectivity index (χ4v) is 3.69. The summed E-state index contributed by atoms with van der Waals surface area (Å²) in [5.41, 5.74) is 2.95. The van der Waals surface area contributed by atoms with Crippen LogP contribution in [0, 0.1) is 0 Å². The lowest BCUT2D eigenvalue weighted by atomic mass is 10.1. The first-order valence-corrected chi connectivity index (χ1v) is 7.55. The number of rotatable bonds is 3. The van der Waals surface area contributed by atoms with E-state index in [-0.39, 0.29) is 0 Å². The molecule has 0 amide bonds. The van der Waals surface area contributed by atoms with Gasteiger partial charge in [-0.3, -0.25) is 0 Å². The molecule has 3 rings (SSSR count). The third-order valence-corrected chi connectivity index (χ3v) is 4.94. The van der Waals surface area contributed by atoms with Gasteiger partial charge in [-0.05, 0) is 41.5 Å². The molecule has 1 aromatic heterocycles. The second kappa shape index (κ2) is 4.92. The van der Waals surface area contributed by atoms with E-state index in [1.165, 1.54) is 33.3 Å². The van der Waals surface area contributed by atoms with Gasteiger partial charge in [0.2, 0.25) is 0 Å². The predicted molar refractivity (Wildman–Crippen MR) is 76.4 cm³/mol. The van der Waals surface area contributed by atoms with Crippen molar-refractivity contribution in [1.82, 2.24) is 5.32 Å². The van der Waals surface area contributed by atoms with Crippen LogP contribution in [0.25, 0.3) is 0 Å². The summed E-state index contributed by atoms with van der Waals surface area (Å²) >= 11 is 5.46. The highest BCUT2D eigenvalue weighted by Gasteiger charge is 2.23. The molecule has 0 radical (unpaired) electrons. The summed E-state index contributed by atoms with van der Waals surface area (Å²) in [6.07, 6.45) is 2.39. The summed E-state index contributed by atoms with van der Waals surface area (Å²) in [6, 6.07) is 11.3. The van der Waals surface area contributed by atoms with E-state index < -0.39 is 0 Å². The first-order valence-electron chi connectivity index (χ1n) is 5.87. The van der Waals surface area contributed by atoms with Gasteiger partial charge in [0.15, 0.2) is 0 Å². The number of thiophene rings is 1. The van der Waals surface area contributed by atoms with Crippen LogP contribution in [-0.4, -0.2) is 0 Å². The van der Waals surface area contributed by atoms with Gasteiger partial charge < -0.3 is 5.32 Å². The maximum Gasteiger partial charge on any atom is 0.0329 e. The summed E-state index contributed by atoms with van der Waals surface area (Å²) in [5, 5.41) is 5.79. The van der Waals surface area contributed by atoms with Crippen molar-refractivity contribution in [3.05, 3.63) is 56.2 Å². The molecule has 88 valence electrons. The van der Waals surface area contributed by atoms with Gasteiger partial charge in [-0.2, -0.15) is 0 Å². The maximum atomic E-state index is 3.66. The van der Waals surface area contributed by atoms with Gasteiger partial charge in [0.25, 0.3) is 0 Å². The van der Waals surface area contributed by atoms with Gasteiger partial charge in [0, 0.05) is 21.9 Å². The van der Waals surface area contributed by atoms with Crippen LogP contribution in [0.15, 0.2) is 40.2 Å². The zero-order valence-corrected chi connectivity index (χ0v) is 11.9. The van der Waals surface area contributed by atoms with Crippen molar-refractivity contribution >= 4 is 27.3 Å². The Kier molecular flexibility index (Phi) is 3.32. The molecule has 0 spiro atoms. The number of fused-ring (bicyclic) bond motifs is 1. The van der Waals surface area contributed by atoms with Crippen LogP contribution in [-0.2, 0) is 13.0 Å². The Morgan fingerprint density at radius 1 is 1.29 bits per heavy atom. The lowest BCUT2D eigenvalue weighted by molar-refractivity contribution is 0.533. The standard InChI is InChI=1S/C14H14BrNS/c15-13-5-1-4-12-11(13)6-7-14(12)16-9-10-3-2-8-17-10/h1-5,8,14,16H,6-7,9H2. The lowest BCUT2D eigenvalue weighted by Gasteiger charge is -2.13. The highest BCUT2D eigenvalue weighted by Crippen LogP contribution is 2.35. The monoisotopic (exact) mass is 307 g/mol. The molecule has 0 saturated heterocycles. The number of halogens is 1. The minimum atomic E-state index is 0.518. The third-order valence-electron chi connectivity index (χ3n) is 3.32. The topological polar surface area (TPSA) is 12.0 Å². The molecule has 1 unspecified atom stereocenters. The number of benzene rings is 1. The molecule has 1 heterocycles. The van der Waals surface area contributed by atoms with Crippen molar-refractivity contribution in [3.63, 3.8) is 0 Å². The average molecular weight is 308 g/mol. The van der Waals surface area contributed by atoms with Crippen molar-refractivity contribution in [2.45, 2.75) is 25.4 Å². The average Bonchev–Trinajstić information content (AvgIpc) is 2.95. The molecule has 1 aromatic carbocycles. The Hall–Kier alpha value is -0.640. The SMILES string of the molecule is Brc1cccc2c1CCC2NCc1cccs1. The molecule has 3 heteroatoms. The normalized spacial score (nSPS) is 18.3. The van der Waals surface area contributed by atoms with Gasteiger partial charge in [-0.25, -0.2) is 0 Å². The molecule has 1 N–H and O–H groups in total. The van der Waals surface area contributed by atoms with Gasteiger partial charge in [0.1, 0.15) is 0 Å². The van der Waals surface area contributed by atoms with Crippen LogP contribution in [0.1, 0.15) is 28.5 Å². The molecule has 0 saturated carbocycles. The number of nitrogens with one attached hydrogen (secondary N) is 1. The second-order valence-corrected chi connectivity index (χ2v) is 6.25. The molecule has 1 atom stereocenters. The molecule has 1 nitrogen and oxygen atoms in total. The molecule has 2 aromatic rings. The highest BCUT2D eigenvalue weighted by molar-refractivity contribution is 9.10. The smallest absolute Gasteiger partial charge is 0.0329 e. The molecule has 0 fully saturated rings. The molecule has 1 aliphatic rings. The summed E-state index contributed by atoms with van der Waals surface area (Å²) in [7, 11) is 0. The minimum Gasteiger partial charge on any atom is -0.305 e. The first-order chi connectivity index (χ1) is 8.34. The van der Waals surface area contributed by atoms with E-state index >= 15 is 0 Å². The summed E-state index contributed by atoms with van der Waals surface area (Å²) < 4.78 is 1.26. The quantitative estimate of drug-likeness (QED) is 0.892. The van der Waals surface area contributed by atoms with Crippen molar-refractivity contribution in [2.75, 3.05) is 0 Å². The van der Waals surface area contributed by atoms with Crippen molar-refractivity contribution in [2.24, 2.45) is 0 Å². The predicted octanol–water partition coefficient (Wildman–Crippen LogP) is 4.29. The fourth-order valence-electron chi connectivity index (χ4n) is 2.46. The van der Waals surface area contributed by atoms with Crippen LogP contribution in [0.5, 0.6) is 0 Å². The number of hydrogen-bond donors (Lipinski definition) is 1. The summed E-state index contributed by atoms with van der Waals surface area (Å²) in [6.45, 7) is 0.980. The summed E-state index contributed by atoms with van der Waals surface area (Å²) in [5.74, 6) is 0. The van der Waals surface area contributed by atoms with Crippen molar-refractivity contribution < 1.29 is 0 Å². The molecule has 0 aliphatic heterocycles. The zero-order chi connectivity index (χ0) is 11.7. The van der Waals surface area contributed by atoms with E-state index in [0.29, 0.717) is 6.04 Å². The molecule has 0 bridgehead atoms. The Balaban J connectivity index is 1.73. The van der Waals surface area contributed by atoms with Crippen molar-refractivity contribution in [3.8, 4) is 0 Å². The van der Waals surface area contributed by atoms with Crippen LogP contribution in [0.2, 0.25) is 0 Å². The Bertz CT molecular complexity index is 507. The molecular weight excluding hydrogens is 294 g/mol. The van der Waals surface area contributed by atoms with E-state index in [1.807, 2.05) is 11.3 Å². The van der Waals surface area contributed by atoms with Gasteiger partial charge in [-0.15, -0.1) is 11.3 Å². The van der Waals surface area contributed by atoms with Gasteiger partial charge >= 0.3 is 0 Å². The van der Waals surface area contributed by atoms with Gasteiger partial charge in [0.05, 0.1) is 0 Å². The van der Waals surface area contributed by atoms with Crippen LogP contribution in [0.4, 0.5) is 0 Å². The Labute approximate surface area is 114 Å². The maximum absolute atomic E-state index is 3.66. The van der Waals surface area contributed by atoms with Crippen LogP contribution in [0.3, 0.4) is 0 Å². The fraction of sp³-hybridized carbons (Fsp3) is 0.286. The Morgan fingerprint density at radius 3 is 3.06 bits per heavy atom. The van der Waals surface area contributed by atoms with E-state index in [0.717, 1.165) is 6.54 Å². The van der Waals surface area contributed by atoms with Crippen LogP contribution >= 0.6 is 27.3 Å². The number of hydrogen-bond acceptors (Lipinski definition) is 2. The zero-order valence-electron chi connectivity index (χ0n) is 9.45. The second-order valence-electron chi connectivity index (χ2n) is 4.36. The molecular formula is C14H14BrNS. The molecule has 1 aliphatic carbocycles. The van der Waals surface area contributed by atoms with E-state index in [9.17, 15) is 0 Å². The lowest BCUT2D eigenvalue weighted by Crippen LogP contribution is -2.17.